The van der Waals surface area contributed by atoms with Gasteiger partial charge in [0.1, 0.15) is 0 Å². The molecule has 0 aliphatic heterocycles. The molecule has 0 bridgehead atoms. The number of allylic oxidation sites excluding steroid dienone is 1. The molecule has 0 aromatic rings. The van der Waals surface area contributed by atoms with Crippen LogP contribution in [-0.2, 0) is 0 Å². The van der Waals surface area contributed by atoms with Crippen molar-refractivity contribution in [2.24, 2.45) is 34.5 Å². The SMILES string of the molecule is C=C1CC[C@H]2[C@H](CNC(=O)O)[C@@H]([C@]3(C)CC[C@H](O)C[C@@H]3CO)CC[C@]12C. The first-order valence-electron chi connectivity index (χ1n) is 10.2. The van der Waals surface area contributed by atoms with Crippen molar-refractivity contribution < 1.29 is 20.1 Å². The number of hydrogen-bond acceptors (Lipinski definition) is 3. The summed E-state index contributed by atoms with van der Waals surface area (Å²) in [5.41, 5.74) is 1.38. The lowest BCUT2D eigenvalue weighted by Crippen LogP contribution is -2.53. The minimum Gasteiger partial charge on any atom is -0.465 e. The zero-order valence-corrected chi connectivity index (χ0v) is 16.2. The van der Waals surface area contributed by atoms with Crippen molar-refractivity contribution in [3.63, 3.8) is 0 Å². The second kappa shape index (κ2) is 7.16. The Bertz CT molecular complexity index is 564. The van der Waals surface area contributed by atoms with Crippen LogP contribution in [0, 0.1) is 34.5 Å². The lowest BCUT2D eigenvalue weighted by Gasteiger charge is -2.56. The second-order valence-electron chi connectivity index (χ2n) is 9.47. The zero-order chi connectivity index (χ0) is 19.1. The number of aliphatic hydroxyl groups is 2. The van der Waals surface area contributed by atoms with Gasteiger partial charge in [-0.25, -0.2) is 4.79 Å². The lowest BCUT2D eigenvalue weighted by atomic mass is 9.49. The van der Waals surface area contributed by atoms with Gasteiger partial charge in [-0.3, -0.25) is 0 Å². The highest BCUT2D eigenvalue weighted by Gasteiger charge is 2.56. The van der Waals surface area contributed by atoms with E-state index < -0.39 is 6.09 Å². The third-order valence-electron chi connectivity index (χ3n) is 8.45. The number of hydrogen-bond donors (Lipinski definition) is 4. The summed E-state index contributed by atoms with van der Waals surface area (Å²) in [6, 6.07) is 0. The van der Waals surface area contributed by atoms with Crippen molar-refractivity contribution in [3.05, 3.63) is 12.2 Å². The predicted molar refractivity (Wildman–Crippen MR) is 101 cm³/mol. The molecular weight excluding hydrogens is 330 g/mol. The van der Waals surface area contributed by atoms with Crippen molar-refractivity contribution >= 4 is 6.09 Å². The molecule has 0 heterocycles. The van der Waals surface area contributed by atoms with Crippen LogP contribution in [0.1, 0.15) is 58.8 Å². The zero-order valence-electron chi connectivity index (χ0n) is 16.2. The molecule has 5 nitrogen and oxygen atoms in total. The quantitative estimate of drug-likeness (QED) is 0.575. The molecule has 7 atom stereocenters. The summed E-state index contributed by atoms with van der Waals surface area (Å²) < 4.78 is 0. The highest BCUT2D eigenvalue weighted by molar-refractivity contribution is 5.64. The van der Waals surface area contributed by atoms with Crippen LogP contribution < -0.4 is 5.32 Å². The van der Waals surface area contributed by atoms with Gasteiger partial charge in [0.05, 0.1) is 6.10 Å². The van der Waals surface area contributed by atoms with Crippen molar-refractivity contribution in [2.75, 3.05) is 13.2 Å². The third kappa shape index (κ3) is 3.18. The predicted octanol–water partition coefficient (Wildman–Crippen LogP) is 3.41. The average Bonchev–Trinajstić information content (AvgIpc) is 2.90. The Morgan fingerprint density at radius 2 is 1.96 bits per heavy atom. The number of amides is 1. The van der Waals surface area contributed by atoms with E-state index in [2.05, 4.69) is 25.7 Å². The molecule has 0 radical (unpaired) electrons. The van der Waals surface area contributed by atoms with Crippen LogP contribution in [-0.4, -0.2) is 40.7 Å². The Hall–Kier alpha value is -1.07. The number of carboxylic acid groups (broad SMARTS) is 1. The normalized spacial score (nSPS) is 46.0. The Morgan fingerprint density at radius 1 is 1.23 bits per heavy atom. The molecule has 0 saturated heterocycles. The van der Waals surface area contributed by atoms with Gasteiger partial charge in [-0.1, -0.05) is 26.0 Å². The van der Waals surface area contributed by atoms with E-state index in [1.807, 2.05) is 0 Å². The van der Waals surface area contributed by atoms with Gasteiger partial charge < -0.3 is 20.6 Å². The summed E-state index contributed by atoms with van der Waals surface area (Å²) in [5.74, 6) is 1.16. The Kier molecular flexibility index (Phi) is 5.42. The van der Waals surface area contributed by atoms with E-state index >= 15 is 0 Å². The Morgan fingerprint density at radius 3 is 2.62 bits per heavy atom. The van der Waals surface area contributed by atoms with Crippen LogP contribution in [0.4, 0.5) is 4.79 Å². The summed E-state index contributed by atoms with van der Waals surface area (Å²) in [4.78, 5) is 11.2. The number of nitrogens with one attached hydrogen (secondary N) is 1. The van der Waals surface area contributed by atoms with Crippen molar-refractivity contribution in [3.8, 4) is 0 Å². The lowest BCUT2D eigenvalue weighted by molar-refractivity contribution is -0.0929. The maximum atomic E-state index is 11.2. The highest BCUT2D eigenvalue weighted by atomic mass is 16.4. The fraction of sp³-hybridized carbons (Fsp3) is 0.857. The topological polar surface area (TPSA) is 89.8 Å². The second-order valence-corrected chi connectivity index (χ2v) is 9.47. The van der Waals surface area contributed by atoms with Crippen LogP contribution in [0.25, 0.3) is 0 Å². The number of aliphatic hydroxyl groups excluding tert-OH is 2. The molecule has 26 heavy (non-hydrogen) atoms. The van der Waals surface area contributed by atoms with Crippen molar-refractivity contribution in [1.82, 2.24) is 5.32 Å². The summed E-state index contributed by atoms with van der Waals surface area (Å²) in [7, 11) is 0. The summed E-state index contributed by atoms with van der Waals surface area (Å²) in [5, 5.41) is 32.0. The van der Waals surface area contributed by atoms with E-state index in [9.17, 15) is 20.1 Å². The summed E-state index contributed by atoms with van der Waals surface area (Å²) in [6.07, 6.45) is 5.30. The van der Waals surface area contributed by atoms with E-state index in [-0.39, 0.29) is 35.4 Å². The molecule has 0 unspecified atom stereocenters. The minimum absolute atomic E-state index is 0.0515. The van der Waals surface area contributed by atoms with Crippen molar-refractivity contribution in [1.29, 1.82) is 0 Å². The number of rotatable bonds is 4. The Balaban J connectivity index is 1.91. The molecule has 0 spiro atoms. The first kappa shape index (κ1) is 19.7. The average molecular weight is 366 g/mol. The molecule has 3 saturated carbocycles. The fourth-order valence-corrected chi connectivity index (χ4v) is 6.67. The molecule has 3 rings (SSSR count). The van der Waals surface area contributed by atoms with Crippen LogP contribution >= 0.6 is 0 Å². The summed E-state index contributed by atoms with van der Waals surface area (Å²) >= 11 is 0. The van der Waals surface area contributed by atoms with Crippen LogP contribution in [0.2, 0.25) is 0 Å². The van der Waals surface area contributed by atoms with Crippen LogP contribution in [0.15, 0.2) is 12.2 Å². The van der Waals surface area contributed by atoms with Crippen LogP contribution in [0.3, 0.4) is 0 Å². The highest BCUT2D eigenvalue weighted by Crippen LogP contribution is 2.63. The number of fused-ring (bicyclic) bond motifs is 1. The largest absolute Gasteiger partial charge is 0.465 e. The monoisotopic (exact) mass is 365 g/mol. The smallest absolute Gasteiger partial charge is 0.404 e. The first-order valence-corrected chi connectivity index (χ1v) is 10.2. The van der Waals surface area contributed by atoms with Gasteiger partial charge in [0.25, 0.3) is 0 Å². The van der Waals surface area contributed by atoms with Gasteiger partial charge in [-0.2, -0.15) is 0 Å². The molecule has 3 aliphatic rings. The molecule has 3 aliphatic carbocycles. The van der Waals surface area contributed by atoms with Gasteiger partial charge in [-0.15, -0.1) is 0 Å². The van der Waals surface area contributed by atoms with E-state index in [4.69, 9.17) is 0 Å². The van der Waals surface area contributed by atoms with Gasteiger partial charge in [0.2, 0.25) is 0 Å². The number of carbonyl (C=O) groups is 1. The Labute approximate surface area is 156 Å². The minimum atomic E-state index is -0.962. The maximum Gasteiger partial charge on any atom is 0.404 e. The fourth-order valence-electron chi connectivity index (χ4n) is 6.67. The molecule has 5 heteroatoms. The molecule has 3 fully saturated rings. The molecule has 1 amide bonds. The molecule has 148 valence electrons. The maximum absolute atomic E-state index is 11.2. The molecule has 4 N–H and O–H groups in total. The summed E-state index contributed by atoms with van der Waals surface area (Å²) in [6.45, 7) is 9.48. The van der Waals surface area contributed by atoms with Gasteiger partial charge in [0.15, 0.2) is 0 Å². The standard InChI is InChI=1S/C21H35NO4/c1-13-4-5-17-16(11-22-19(25)26)18(7-9-20(13,17)2)21(3)8-6-15(24)10-14(21)12-23/h14-18,22-24H,1,4-12H2,2-3H3,(H,25,26)/t14-,15+,16+,17+,18+,20-,21-/m1/s1. The third-order valence-corrected chi connectivity index (χ3v) is 8.45. The van der Waals surface area contributed by atoms with E-state index in [1.165, 1.54) is 5.57 Å². The van der Waals surface area contributed by atoms with E-state index in [1.54, 1.807) is 0 Å². The van der Waals surface area contributed by atoms with Gasteiger partial charge in [-0.05, 0) is 79.4 Å². The van der Waals surface area contributed by atoms with Crippen LogP contribution in [0.5, 0.6) is 0 Å². The van der Waals surface area contributed by atoms with Crippen molar-refractivity contribution in [2.45, 2.75) is 64.9 Å². The first-order chi connectivity index (χ1) is 12.2. The molecule has 0 aromatic carbocycles. The van der Waals surface area contributed by atoms with E-state index in [0.29, 0.717) is 24.8 Å². The van der Waals surface area contributed by atoms with Gasteiger partial charge in [0, 0.05) is 13.2 Å². The van der Waals surface area contributed by atoms with E-state index in [0.717, 1.165) is 38.5 Å². The van der Waals surface area contributed by atoms with Gasteiger partial charge >= 0.3 is 6.09 Å². The molecule has 0 aromatic heterocycles. The molecular formula is C21H35NO4.